The maximum absolute atomic E-state index is 4.91. The van der Waals surface area contributed by atoms with Gasteiger partial charge in [0.1, 0.15) is 0 Å². The molecule has 1 saturated heterocycles. The number of likely N-dealkylation sites (N-methyl/N-ethyl adjacent to an activating group) is 2. The Morgan fingerprint density at radius 3 is 2.26 bits per heavy atom. The van der Waals surface area contributed by atoms with E-state index in [4.69, 9.17) is 4.99 Å². The van der Waals surface area contributed by atoms with Gasteiger partial charge in [0, 0.05) is 52.4 Å². The van der Waals surface area contributed by atoms with Gasteiger partial charge in [-0.25, -0.2) is 0 Å². The third-order valence-corrected chi connectivity index (χ3v) is 5.97. The summed E-state index contributed by atoms with van der Waals surface area (Å²) in [6.45, 7) is 19.4. The van der Waals surface area contributed by atoms with E-state index in [9.17, 15) is 0 Å². The van der Waals surface area contributed by atoms with Crippen molar-refractivity contribution in [2.75, 3.05) is 72.5 Å². The number of rotatable bonds is 11. The molecule has 2 atom stereocenters. The smallest absolute Gasteiger partial charge is 0.191 e. The molecule has 0 bridgehead atoms. The van der Waals surface area contributed by atoms with Gasteiger partial charge in [0.05, 0.1) is 6.04 Å². The van der Waals surface area contributed by atoms with Crippen LogP contribution < -0.4 is 10.6 Å². The lowest BCUT2D eigenvalue weighted by Crippen LogP contribution is -2.46. The monoisotopic (exact) mass is 544 g/mol. The van der Waals surface area contributed by atoms with Crippen molar-refractivity contribution in [3.05, 3.63) is 35.9 Å². The highest BCUT2D eigenvalue weighted by Crippen LogP contribution is 2.19. The number of aliphatic imine (C=N–C) groups is 1. The van der Waals surface area contributed by atoms with E-state index in [-0.39, 0.29) is 24.0 Å². The summed E-state index contributed by atoms with van der Waals surface area (Å²) in [5.74, 6) is 1.48. The second kappa shape index (κ2) is 15.8. The van der Waals surface area contributed by atoms with Crippen LogP contribution in [0.3, 0.4) is 0 Å². The Balaban J connectivity index is 0.00000480. The third kappa shape index (κ3) is 10.1. The molecule has 0 aliphatic carbocycles. The maximum atomic E-state index is 4.91. The molecular formula is C24H45IN6. The molecule has 0 saturated carbocycles. The van der Waals surface area contributed by atoms with Crippen molar-refractivity contribution in [1.82, 2.24) is 25.3 Å². The van der Waals surface area contributed by atoms with Gasteiger partial charge in [-0.05, 0) is 38.5 Å². The van der Waals surface area contributed by atoms with Gasteiger partial charge in [0.15, 0.2) is 5.96 Å². The van der Waals surface area contributed by atoms with Crippen molar-refractivity contribution in [3.63, 3.8) is 0 Å². The van der Waals surface area contributed by atoms with Crippen LogP contribution in [-0.4, -0.2) is 93.2 Å². The standard InChI is InChI=1S/C24H44N6.HI/c1-6-25-24(26-18-21(4)20-29-16-14-28(5)15-17-29)27-19-23(30(7-2)8-3)22-12-10-9-11-13-22;/h9-13,21,23H,6-8,14-20H2,1-5H3,(H2,25,26,27);1H. The molecule has 0 radical (unpaired) electrons. The van der Waals surface area contributed by atoms with Crippen molar-refractivity contribution in [2.24, 2.45) is 10.9 Å². The summed E-state index contributed by atoms with van der Waals surface area (Å²) in [6.07, 6.45) is 0. The number of hydrogen-bond donors (Lipinski definition) is 2. The lowest BCUT2D eigenvalue weighted by atomic mass is 10.1. The van der Waals surface area contributed by atoms with E-state index in [0.717, 1.165) is 45.2 Å². The van der Waals surface area contributed by atoms with Crippen LogP contribution in [0.25, 0.3) is 0 Å². The quantitative estimate of drug-likeness (QED) is 0.255. The zero-order valence-electron chi connectivity index (χ0n) is 20.3. The molecule has 31 heavy (non-hydrogen) atoms. The van der Waals surface area contributed by atoms with E-state index >= 15 is 0 Å². The fourth-order valence-corrected chi connectivity index (χ4v) is 4.11. The molecule has 1 heterocycles. The summed E-state index contributed by atoms with van der Waals surface area (Å²) in [7, 11) is 2.21. The third-order valence-electron chi connectivity index (χ3n) is 5.97. The molecule has 1 aliphatic heterocycles. The van der Waals surface area contributed by atoms with Crippen molar-refractivity contribution >= 4 is 29.9 Å². The number of piperazine rings is 1. The van der Waals surface area contributed by atoms with Gasteiger partial charge < -0.3 is 20.4 Å². The second-order valence-electron chi connectivity index (χ2n) is 8.46. The highest BCUT2D eigenvalue weighted by molar-refractivity contribution is 14.0. The number of nitrogens with one attached hydrogen (secondary N) is 2. The van der Waals surface area contributed by atoms with E-state index in [1.807, 2.05) is 0 Å². The lowest BCUT2D eigenvalue weighted by molar-refractivity contribution is 0.140. The minimum Gasteiger partial charge on any atom is -0.357 e. The van der Waals surface area contributed by atoms with Crippen LogP contribution in [-0.2, 0) is 0 Å². The first-order chi connectivity index (χ1) is 14.6. The predicted octanol–water partition coefficient (Wildman–Crippen LogP) is 3.13. The van der Waals surface area contributed by atoms with Crippen LogP contribution >= 0.6 is 24.0 Å². The van der Waals surface area contributed by atoms with Crippen molar-refractivity contribution in [2.45, 2.75) is 33.7 Å². The van der Waals surface area contributed by atoms with Gasteiger partial charge in [-0.2, -0.15) is 0 Å². The molecule has 0 amide bonds. The first-order valence-corrected chi connectivity index (χ1v) is 11.8. The molecule has 1 aromatic rings. The van der Waals surface area contributed by atoms with E-state index in [2.05, 4.69) is 90.4 Å². The molecule has 1 fully saturated rings. The van der Waals surface area contributed by atoms with Gasteiger partial charge in [-0.1, -0.05) is 51.1 Å². The lowest BCUT2D eigenvalue weighted by Gasteiger charge is -2.33. The minimum atomic E-state index is 0. The Bertz CT molecular complexity index is 599. The molecule has 1 aliphatic rings. The summed E-state index contributed by atoms with van der Waals surface area (Å²) >= 11 is 0. The molecule has 2 N–H and O–H groups in total. The fraction of sp³-hybridized carbons (Fsp3) is 0.708. The van der Waals surface area contributed by atoms with Crippen LogP contribution in [0.2, 0.25) is 0 Å². The van der Waals surface area contributed by atoms with Crippen LogP contribution in [0, 0.1) is 5.92 Å². The number of nitrogens with zero attached hydrogens (tertiary/aromatic N) is 4. The average molecular weight is 545 g/mol. The second-order valence-corrected chi connectivity index (χ2v) is 8.46. The van der Waals surface area contributed by atoms with Crippen LogP contribution in [0.15, 0.2) is 35.3 Å². The van der Waals surface area contributed by atoms with Crippen molar-refractivity contribution in [1.29, 1.82) is 0 Å². The normalized spacial score (nSPS) is 17.8. The van der Waals surface area contributed by atoms with Crippen LogP contribution in [0.4, 0.5) is 0 Å². The molecule has 2 unspecified atom stereocenters. The fourth-order valence-electron chi connectivity index (χ4n) is 4.11. The minimum absolute atomic E-state index is 0. The summed E-state index contributed by atoms with van der Waals surface area (Å²) < 4.78 is 0. The van der Waals surface area contributed by atoms with Gasteiger partial charge >= 0.3 is 0 Å². The largest absolute Gasteiger partial charge is 0.357 e. The summed E-state index contributed by atoms with van der Waals surface area (Å²) in [4.78, 5) is 12.4. The molecule has 6 nitrogen and oxygen atoms in total. The van der Waals surface area contributed by atoms with Crippen LogP contribution in [0.1, 0.15) is 39.3 Å². The Hall–Kier alpha value is -0.900. The van der Waals surface area contributed by atoms with E-state index < -0.39 is 0 Å². The number of halogens is 1. The molecule has 0 aromatic heterocycles. The highest BCUT2D eigenvalue weighted by Gasteiger charge is 2.19. The molecule has 178 valence electrons. The number of benzene rings is 1. The Kier molecular flexibility index (Phi) is 14.4. The summed E-state index contributed by atoms with van der Waals surface area (Å²) in [5, 5.41) is 7.04. The predicted molar refractivity (Wildman–Crippen MR) is 145 cm³/mol. The summed E-state index contributed by atoms with van der Waals surface area (Å²) in [5.41, 5.74) is 1.35. The average Bonchev–Trinajstić information content (AvgIpc) is 2.77. The summed E-state index contributed by atoms with van der Waals surface area (Å²) in [6, 6.07) is 11.1. The Morgan fingerprint density at radius 2 is 1.68 bits per heavy atom. The highest BCUT2D eigenvalue weighted by atomic mass is 127. The Morgan fingerprint density at radius 1 is 1.03 bits per heavy atom. The van der Waals surface area contributed by atoms with Crippen LogP contribution in [0.5, 0.6) is 0 Å². The molecule has 1 aromatic carbocycles. The van der Waals surface area contributed by atoms with Gasteiger partial charge in [0.25, 0.3) is 0 Å². The van der Waals surface area contributed by atoms with Gasteiger partial charge in [0.2, 0.25) is 0 Å². The molecule has 2 rings (SSSR count). The van der Waals surface area contributed by atoms with Crippen molar-refractivity contribution < 1.29 is 0 Å². The maximum Gasteiger partial charge on any atom is 0.191 e. The SMILES string of the molecule is CCNC(=NCC(C)CN1CCN(C)CC1)NCC(c1ccccc1)N(CC)CC.I. The van der Waals surface area contributed by atoms with E-state index in [0.29, 0.717) is 12.0 Å². The van der Waals surface area contributed by atoms with Gasteiger partial charge in [-0.15, -0.1) is 24.0 Å². The zero-order chi connectivity index (χ0) is 21.8. The number of guanidine groups is 1. The van der Waals surface area contributed by atoms with E-state index in [1.54, 1.807) is 0 Å². The van der Waals surface area contributed by atoms with E-state index in [1.165, 1.54) is 31.7 Å². The number of hydrogen-bond acceptors (Lipinski definition) is 4. The first kappa shape index (κ1) is 28.1. The molecule has 7 heteroatoms. The molecular weight excluding hydrogens is 499 g/mol. The topological polar surface area (TPSA) is 46.1 Å². The first-order valence-electron chi connectivity index (χ1n) is 11.8. The van der Waals surface area contributed by atoms with Crippen molar-refractivity contribution in [3.8, 4) is 0 Å². The Labute approximate surface area is 207 Å². The zero-order valence-corrected chi connectivity index (χ0v) is 22.6. The molecule has 0 spiro atoms. The van der Waals surface area contributed by atoms with Gasteiger partial charge in [-0.3, -0.25) is 9.89 Å².